The van der Waals surface area contributed by atoms with Crippen molar-refractivity contribution in [3.63, 3.8) is 0 Å². The van der Waals surface area contributed by atoms with Crippen LogP contribution in [0.3, 0.4) is 0 Å². The fourth-order valence-corrected chi connectivity index (χ4v) is 2.83. The zero-order chi connectivity index (χ0) is 15.4. The van der Waals surface area contributed by atoms with Crippen LogP contribution in [0.15, 0.2) is 90.1 Å². The van der Waals surface area contributed by atoms with E-state index in [1.807, 2.05) is 72.8 Å². The van der Waals surface area contributed by atoms with Gasteiger partial charge in [-0.1, -0.05) is 84.4 Å². The van der Waals surface area contributed by atoms with E-state index in [-0.39, 0.29) is 0 Å². The minimum atomic E-state index is -1.08. The number of benzene rings is 3. The third-order valence-corrected chi connectivity index (χ3v) is 4.03. The number of nitrogens with zero attached hydrogens (tertiary/aromatic N) is 1. The first-order valence-corrected chi connectivity index (χ1v) is 7.37. The van der Waals surface area contributed by atoms with Gasteiger partial charge in [0.1, 0.15) is 0 Å². The third kappa shape index (κ3) is 2.42. The summed E-state index contributed by atoms with van der Waals surface area (Å²) in [4.78, 5) is 12.0. The maximum atomic E-state index is 12.0. The zero-order valence-corrected chi connectivity index (χ0v) is 12.6. The summed E-state index contributed by atoms with van der Waals surface area (Å²) in [5, 5.41) is 4.20. The van der Waals surface area contributed by atoms with Crippen LogP contribution in [0, 0.1) is 4.91 Å². The average molecular weight is 308 g/mol. The highest BCUT2D eigenvalue weighted by Crippen LogP contribution is 2.40. The Kier molecular flexibility index (Phi) is 4.03. The van der Waals surface area contributed by atoms with E-state index in [0.717, 1.165) is 16.7 Å². The van der Waals surface area contributed by atoms with Gasteiger partial charge in [0.25, 0.3) is 0 Å². The fourth-order valence-electron chi connectivity index (χ4n) is 2.71. The summed E-state index contributed by atoms with van der Waals surface area (Å²) in [7, 11) is 0. The van der Waals surface area contributed by atoms with E-state index < -0.39 is 5.54 Å². The van der Waals surface area contributed by atoms with Crippen LogP contribution in [0.4, 0.5) is 0 Å². The number of hydrogen-bond acceptors (Lipinski definition) is 2. The largest absolute Gasteiger partial charge is 0.177 e. The van der Waals surface area contributed by atoms with E-state index in [9.17, 15) is 4.91 Å². The Bertz CT molecular complexity index is 715. The summed E-state index contributed by atoms with van der Waals surface area (Å²) in [5.41, 5.74) is 1.38. The molecule has 0 fully saturated rings. The Balaban J connectivity index is 2.30. The Morgan fingerprint density at radius 3 is 1.45 bits per heavy atom. The number of nitroso groups, excluding NO2 is 1. The molecule has 0 aliphatic carbocycles. The molecular formula is C19H14ClNO. The molecule has 0 spiro atoms. The van der Waals surface area contributed by atoms with Crippen LogP contribution in [0.25, 0.3) is 0 Å². The fraction of sp³-hybridized carbons (Fsp3) is 0.0526. The van der Waals surface area contributed by atoms with E-state index in [0.29, 0.717) is 5.02 Å². The molecule has 0 aromatic heterocycles. The molecule has 0 atom stereocenters. The summed E-state index contributed by atoms with van der Waals surface area (Å²) in [6.45, 7) is 0. The van der Waals surface area contributed by atoms with Crippen LogP contribution in [0.5, 0.6) is 0 Å². The lowest BCUT2D eigenvalue weighted by Gasteiger charge is -2.28. The molecule has 3 heteroatoms. The molecule has 0 bridgehead atoms. The second kappa shape index (κ2) is 6.12. The van der Waals surface area contributed by atoms with Crippen LogP contribution >= 0.6 is 11.6 Å². The summed E-state index contributed by atoms with van der Waals surface area (Å²) >= 11 is 5.99. The highest BCUT2D eigenvalue weighted by Gasteiger charge is 2.38. The van der Waals surface area contributed by atoms with Crippen molar-refractivity contribution in [2.45, 2.75) is 5.54 Å². The SMILES string of the molecule is O=NC(c1ccccc1)(c1ccccc1)c1ccc(Cl)cc1. The van der Waals surface area contributed by atoms with Crippen LogP contribution in [-0.4, -0.2) is 0 Å². The molecule has 3 aromatic carbocycles. The van der Waals surface area contributed by atoms with Crippen LogP contribution < -0.4 is 0 Å². The molecule has 2 nitrogen and oxygen atoms in total. The van der Waals surface area contributed by atoms with Gasteiger partial charge in [-0.2, -0.15) is 0 Å². The Labute approximate surface area is 134 Å². The van der Waals surface area contributed by atoms with Gasteiger partial charge in [-0.3, -0.25) is 0 Å². The standard InChI is InChI=1S/C19H14ClNO/c20-18-13-11-17(12-14-18)19(21-22,15-7-3-1-4-8-15)16-9-5-2-6-10-16/h1-14H. The van der Waals surface area contributed by atoms with Crippen molar-refractivity contribution in [1.29, 1.82) is 0 Å². The highest BCUT2D eigenvalue weighted by molar-refractivity contribution is 6.30. The van der Waals surface area contributed by atoms with Crippen LogP contribution in [-0.2, 0) is 5.54 Å². The molecule has 3 rings (SSSR count). The first kappa shape index (κ1) is 14.5. The first-order valence-electron chi connectivity index (χ1n) is 6.99. The molecule has 22 heavy (non-hydrogen) atoms. The molecule has 3 aromatic rings. The smallest absolute Gasteiger partial charge is 0.149 e. The second-order valence-electron chi connectivity index (χ2n) is 5.04. The van der Waals surface area contributed by atoms with E-state index in [4.69, 9.17) is 11.6 Å². The van der Waals surface area contributed by atoms with Gasteiger partial charge in [0.15, 0.2) is 5.54 Å². The van der Waals surface area contributed by atoms with Crippen molar-refractivity contribution < 1.29 is 0 Å². The van der Waals surface area contributed by atoms with Gasteiger partial charge in [0.2, 0.25) is 0 Å². The molecular weight excluding hydrogens is 294 g/mol. The van der Waals surface area contributed by atoms with Crippen molar-refractivity contribution in [2.75, 3.05) is 0 Å². The predicted octanol–water partition coefficient (Wildman–Crippen LogP) is 5.40. The first-order chi connectivity index (χ1) is 10.8. The molecule has 0 aliphatic rings. The van der Waals surface area contributed by atoms with Crippen molar-refractivity contribution in [3.05, 3.63) is 112 Å². The van der Waals surface area contributed by atoms with Gasteiger partial charge in [-0.15, -0.1) is 4.91 Å². The normalized spacial score (nSPS) is 11.1. The lowest BCUT2D eigenvalue weighted by Crippen LogP contribution is -2.26. The van der Waals surface area contributed by atoms with E-state index in [1.165, 1.54) is 0 Å². The Morgan fingerprint density at radius 1 is 0.636 bits per heavy atom. The summed E-state index contributed by atoms with van der Waals surface area (Å²) in [5.74, 6) is 0. The van der Waals surface area contributed by atoms with Gasteiger partial charge >= 0.3 is 0 Å². The topological polar surface area (TPSA) is 29.4 Å². The lowest BCUT2D eigenvalue weighted by molar-refractivity contribution is 0.649. The van der Waals surface area contributed by atoms with Crippen LogP contribution in [0.2, 0.25) is 5.02 Å². The number of rotatable bonds is 4. The Morgan fingerprint density at radius 2 is 1.05 bits per heavy atom. The Hall–Kier alpha value is -2.45. The summed E-state index contributed by atoms with van der Waals surface area (Å²) in [6.07, 6.45) is 0. The van der Waals surface area contributed by atoms with Gasteiger partial charge < -0.3 is 0 Å². The van der Waals surface area contributed by atoms with E-state index in [2.05, 4.69) is 5.18 Å². The van der Waals surface area contributed by atoms with Crippen molar-refractivity contribution in [1.82, 2.24) is 0 Å². The van der Waals surface area contributed by atoms with Gasteiger partial charge in [-0.05, 0) is 34.0 Å². The molecule has 0 saturated heterocycles. The predicted molar refractivity (Wildman–Crippen MR) is 90.0 cm³/mol. The summed E-state index contributed by atoms with van der Waals surface area (Å²) in [6, 6.07) is 26.4. The lowest BCUT2D eigenvalue weighted by atomic mass is 9.78. The maximum Gasteiger partial charge on any atom is 0.177 e. The zero-order valence-electron chi connectivity index (χ0n) is 11.8. The average Bonchev–Trinajstić information content (AvgIpc) is 2.59. The molecule has 0 radical (unpaired) electrons. The quantitative estimate of drug-likeness (QED) is 0.469. The molecule has 0 unspecified atom stereocenters. The molecule has 0 amide bonds. The van der Waals surface area contributed by atoms with Crippen molar-refractivity contribution >= 4 is 11.6 Å². The summed E-state index contributed by atoms with van der Waals surface area (Å²) < 4.78 is 0. The van der Waals surface area contributed by atoms with Gasteiger partial charge in [-0.25, -0.2) is 0 Å². The molecule has 0 heterocycles. The number of hydrogen-bond donors (Lipinski definition) is 0. The molecule has 108 valence electrons. The molecule has 0 saturated carbocycles. The monoisotopic (exact) mass is 307 g/mol. The molecule has 0 N–H and O–H groups in total. The van der Waals surface area contributed by atoms with E-state index in [1.54, 1.807) is 12.1 Å². The highest BCUT2D eigenvalue weighted by atomic mass is 35.5. The minimum absolute atomic E-state index is 0.629. The third-order valence-electron chi connectivity index (χ3n) is 3.78. The second-order valence-corrected chi connectivity index (χ2v) is 5.48. The van der Waals surface area contributed by atoms with Crippen molar-refractivity contribution in [3.8, 4) is 0 Å². The van der Waals surface area contributed by atoms with Crippen molar-refractivity contribution in [2.24, 2.45) is 5.18 Å². The van der Waals surface area contributed by atoms with Gasteiger partial charge in [0.05, 0.1) is 0 Å². The van der Waals surface area contributed by atoms with E-state index >= 15 is 0 Å². The molecule has 0 aliphatic heterocycles. The van der Waals surface area contributed by atoms with Crippen LogP contribution in [0.1, 0.15) is 16.7 Å². The maximum absolute atomic E-state index is 12.0. The number of halogens is 1. The minimum Gasteiger partial charge on any atom is -0.149 e. The van der Waals surface area contributed by atoms with Gasteiger partial charge in [0, 0.05) is 5.02 Å².